The summed E-state index contributed by atoms with van der Waals surface area (Å²) in [5.74, 6) is 2.43. The van der Waals surface area contributed by atoms with Crippen molar-refractivity contribution in [2.45, 2.75) is 45.7 Å². The third-order valence-corrected chi connectivity index (χ3v) is 4.07. The Hall–Kier alpha value is -1.01. The zero-order chi connectivity index (χ0) is 13.5. The van der Waals surface area contributed by atoms with Gasteiger partial charge in [-0.1, -0.05) is 26.2 Å². The van der Waals surface area contributed by atoms with Crippen LogP contribution in [0.2, 0.25) is 0 Å². The molecule has 0 bridgehead atoms. The Morgan fingerprint density at radius 2 is 2.21 bits per heavy atom. The highest BCUT2D eigenvalue weighted by Crippen LogP contribution is 2.30. The molecule has 0 amide bonds. The number of ether oxygens (including phenoxy) is 1. The lowest BCUT2D eigenvalue weighted by atomic mass is 9.80. The van der Waals surface area contributed by atoms with Crippen LogP contribution < -0.4 is 5.32 Å². The van der Waals surface area contributed by atoms with E-state index >= 15 is 0 Å². The molecule has 0 aromatic carbocycles. The van der Waals surface area contributed by atoms with Gasteiger partial charge in [-0.3, -0.25) is 0 Å². The Morgan fingerprint density at radius 1 is 1.37 bits per heavy atom. The molecule has 0 radical (unpaired) electrons. The molecule has 2 rings (SSSR count). The second-order valence-electron chi connectivity index (χ2n) is 5.47. The maximum Gasteiger partial charge on any atom is 0.165 e. The minimum atomic E-state index is 0.706. The van der Waals surface area contributed by atoms with Gasteiger partial charge in [0.05, 0.1) is 13.2 Å². The van der Waals surface area contributed by atoms with E-state index in [-0.39, 0.29) is 0 Å². The van der Waals surface area contributed by atoms with E-state index in [4.69, 9.17) is 4.74 Å². The summed E-state index contributed by atoms with van der Waals surface area (Å²) in [4.78, 5) is 0. The van der Waals surface area contributed by atoms with Crippen LogP contribution in [-0.2, 0) is 17.8 Å². The standard InChI is InChI=1S/C13H25N5O/c1-11-5-3-4-6-12(11)10-18-13(15-16-17-18)9-14-7-8-19-2/h11-12,14H,3-10H2,1-2H3. The fraction of sp³-hybridized carbons (Fsp3) is 0.923. The second-order valence-corrected chi connectivity index (χ2v) is 5.47. The molecule has 1 aliphatic carbocycles. The fourth-order valence-electron chi connectivity index (χ4n) is 2.75. The Kier molecular flexibility index (Phi) is 5.72. The SMILES string of the molecule is COCCNCc1nnnn1CC1CCCCC1C. The molecule has 1 fully saturated rings. The van der Waals surface area contributed by atoms with Crippen LogP contribution in [0.15, 0.2) is 0 Å². The molecule has 2 atom stereocenters. The summed E-state index contributed by atoms with van der Waals surface area (Å²) in [6.45, 7) is 5.54. The van der Waals surface area contributed by atoms with Crippen molar-refractivity contribution < 1.29 is 4.74 Å². The molecule has 1 N–H and O–H groups in total. The molecule has 6 heteroatoms. The van der Waals surface area contributed by atoms with Gasteiger partial charge in [-0.25, -0.2) is 4.68 Å². The number of methoxy groups -OCH3 is 1. The quantitative estimate of drug-likeness (QED) is 0.753. The predicted molar refractivity (Wildman–Crippen MR) is 72.5 cm³/mol. The van der Waals surface area contributed by atoms with Crippen LogP contribution in [0, 0.1) is 11.8 Å². The number of nitrogens with zero attached hydrogens (tertiary/aromatic N) is 4. The van der Waals surface area contributed by atoms with Crippen molar-refractivity contribution in [2.24, 2.45) is 11.8 Å². The van der Waals surface area contributed by atoms with E-state index in [0.29, 0.717) is 13.2 Å². The van der Waals surface area contributed by atoms with E-state index in [1.54, 1.807) is 7.11 Å². The average molecular weight is 267 g/mol. The van der Waals surface area contributed by atoms with Gasteiger partial charge >= 0.3 is 0 Å². The molecule has 2 unspecified atom stereocenters. The average Bonchev–Trinajstić information content (AvgIpc) is 2.85. The number of rotatable bonds is 7. The zero-order valence-corrected chi connectivity index (χ0v) is 12.0. The minimum absolute atomic E-state index is 0.706. The van der Waals surface area contributed by atoms with E-state index in [0.717, 1.165) is 30.7 Å². The van der Waals surface area contributed by atoms with E-state index in [1.807, 2.05) is 4.68 Å². The predicted octanol–water partition coefficient (Wildman–Crippen LogP) is 1.24. The van der Waals surface area contributed by atoms with Crippen LogP contribution in [0.1, 0.15) is 38.4 Å². The summed E-state index contributed by atoms with van der Waals surface area (Å²) in [6.07, 6.45) is 5.36. The maximum absolute atomic E-state index is 5.01. The van der Waals surface area contributed by atoms with Gasteiger partial charge in [-0.05, 0) is 28.7 Å². The van der Waals surface area contributed by atoms with Crippen molar-refractivity contribution in [3.63, 3.8) is 0 Å². The molecule has 1 saturated carbocycles. The lowest BCUT2D eigenvalue weighted by Gasteiger charge is -2.28. The van der Waals surface area contributed by atoms with Gasteiger partial charge in [0.25, 0.3) is 0 Å². The molecule has 0 spiro atoms. The summed E-state index contributed by atoms with van der Waals surface area (Å²) in [5, 5.41) is 15.3. The largest absolute Gasteiger partial charge is 0.383 e. The van der Waals surface area contributed by atoms with Crippen LogP contribution in [0.25, 0.3) is 0 Å². The highest BCUT2D eigenvalue weighted by molar-refractivity contribution is 4.82. The Morgan fingerprint density at radius 3 is 3.00 bits per heavy atom. The first-order valence-electron chi connectivity index (χ1n) is 7.26. The molecule has 1 aliphatic rings. The van der Waals surface area contributed by atoms with E-state index in [2.05, 4.69) is 27.8 Å². The van der Waals surface area contributed by atoms with Crippen molar-refractivity contribution >= 4 is 0 Å². The summed E-state index contributed by atoms with van der Waals surface area (Å²) in [6, 6.07) is 0. The molecular weight excluding hydrogens is 242 g/mol. The smallest absolute Gasteiger partial charge is 0.165 e. The molecule has 0 saturated heterocycles. The first-order chi connectivity index (χ1) is 9.31. The van der Waals surface area contributed by atoms with E-state index in [9.17, 15) is 0 Å². The highest BCUT2D eigenvalue weighted by Gasteiger charge is 2.23. The van der Waals surface area contributed by atoms with Gasteiger partial charge in [0.2, 0.25) is 0 Å². The normalized spacial score (nSPS) is 23.7. The first-order valence-corrected chi connectivity index (χ1v) is 7.26. The molecule has 0 aliphatic heterocycles. The molecular formula is C13H25N5O. The van der Waals surface area contributed by atoms with E-state index in [1.165, 1.54) is 25.7 Å². The van der Waals surface area contributed by atoms with Crippen molar-refractivity contribution in [3.05, 3.63) is 5.82 Å². The fourth-order valence-corrected chi connectivity index (χ4v) is 2.75. The van der Waals surface area contributed by atoms with Crippen molar-refractivity contribution in [1.82, 2.24) is 25.5 Å². The maximum atomic E-state index is 5.01. The minimum Gasteiger partial charge on any atom is -0.383 e. The molecule has 19 heavy (non-hydrogen) atoms. The second kappa shape index (κ2) is 7.55. The van der Waals surface area contributed by atoms with Crippen LogP contribution >= 0.6 is 0 Å². The van der Waals surface area contributed by atoms with Gasteiger partial charge in [0.1, 0.15) is 0 Å². The van der Waals surface area contributed by atoms with Crippen LogP contribution in [0.3, 0.4) is 0 Å². The van der Waals surface area contributed by atoms with Crippen LogP contribution in [0.5, 0.6) is 0 Å². The summed E-state index contributed by atoms with van der Waals surface area (Å²) in [5.41, 5.74) is 0. The van der Waals surface area contributed by atoms with Crippen molar-refractivity contribution in [1.29, 1.82) is 0 Å². The van der Waals surface area contributed by atoms with Crippen LogP contribution in [0.4, 0.5) is 0 Å². The van der Waals surface area contributed by atoms with Crippen molar-refractivity contribution in [2.75, 3.05) is 20.3 Å². The summed E-state index contributed by atoms with van der Waals surface area (Å²) in [7, 11) is 1.70. The summed E-state index contributed by atoms with van der Waals surface area (Å²) < 4.78 is 6.97. The van der Waals surface area contributed by atoms with Crippen molar-refractivity contribution in [3.8, 4) is 0 Å². The van der Waals surface area contributed by atoms with Gasteiger partial charge in [0, 0.05) is 20.2 Å². The third-order valence-electron chi connectivity index (χ3n) is 4.07. The van der Waals surface area contributed by atoms with Gasteiger partial charge in [0.15, 0.2) is 5.82 Å². The van der Waals surface area contributed by atoms with Gasteiger partial charge < -0.3 is 10.1 Å². The highest BCUT2D eigenvalue weighted by atomic mass is 16.5. The number of nitrogens with one attached hydrogen (secondary N) is 1. The number of hydrogen-bond donors (Lipinski definition) is 1. The lowest BCUT2D eigenvalue weighted by molar-refractivity contribution is 0.197. The Bertz CT molecular complexity index is 368. The molecule has 108 valence electrons. The summed E-state index contributed by atoms with van der Waals surface area (Å²) >= 11 is 0. The van der Waals surface area contributed by atoms with E-state index < -0.39 is 0 Å². The zero-order valence-electron chi connectivity index (χ0n) is 12.0. The lowest BCUT2D eigenvalue weighted by Crippen LogP contribution is -2.26. The topological polar surface area (TPSA) is 64.9 Å². The van der Waals surface area contributed by atoms with Crippen LogP contribution in [-0.4, -0.2) is 40.5 Å². The molecule has 1 aromatic rings. The molecule has 6 nitrogen and oxygen atoms in total. The van der Waals surface area contributed by atoms with Gasteiger partial charge in [-0.15, -0.1) is 5.10 Å². The van der Waals surface area contributed by atoms with Gasteiger partial charge in [-0.2, -0.15) is 0 Å². The first kappa shape index (κ1) is 14.4. The number of tetrazole rings is 1. The Balaban J connectivity index is 1.84. The molecule has 1 aromatic heterocycles. The number of aromatic nitrogens is 4. The monoisotopic (exact) mass is 267 g/mol. The molecule has 1 heterocycles. The number of hydrogen-bond acceptors (Lipinski definition) is 5. The third kappa shape index (κ3) is 4.24. The Labute approximate surface area is 114 Å².